The molecule has 0 bridgehead atoms. The van der Waals surface area contributed by atoms with Gasteiger partial charge >= 0.3 is 0 Å². The Bertz CT molecular complexity index is 1330. The molecule has 0 amide bonds. The van der Waals surface area contributed by atoms with E-state index in [4.69, 9.17) is 9.47 Å². The summed E-state index contributed by atoms with van der Waals surface area (Å²) in [5.41, 5.74) is 2.61. The van der Waals surface area contributed by atoms with Crippen LogP contribution in [0.2, 0.25) is 0 Å². The highest BCUT2D eigenvalue weighted by atomic mass is 16.5. The van der Waals surface area contributed by atoms with Crippen molar-refractivity contribution in [2.24, 2.45) is 0 Å². The van der Waals surface area contributed by atoms with Gasteiger partial charge in [0.2, 0.25) is 5.78 Å². The summed E-state index contributed by atoms with van der Waals surface area (Å²) in [6.07, 6.45) is 1.59. The zero-order valence-electron chi connectivity index (χ0n) is 17.8. The Kier molecular flexibility index (Phi) is 4.90. The number of aromatic nitrogens is 3. The normalized spacial score (nSPS) is 15.1. The third kappa shape index (κ3) is 3.71. The van der Waals surface area contributed by atoms with Gasteiger partial charge in [-0.15, -0.1) is 5.10 Å². The Morgan fingerprint density at radius 1 is 0.938 bits per heavy atom. The highest BCUT2D eigenvalue weighted by Gasteiger charge is 2.43. The van der Waals surface area contributed by atoms with Crippen molar-refractivity contribution >= 4 is 28.0 Å². The van der Waals surface area contributed by atoms with Crippen LogP contribution >= 0.6 is 0 Å². The van der Waals surface area contributed by atoms with Crippen LogP contribution in [0.3, 0.4) is 0 Å². The average molecular weight is 423 g/mol. The average Bonchev–Trinajstić information content (AvgIpc) is 3.07. The summed E-state index contributed by atoms with van der Waals surface area (Å²) >= 11 is 0. The molecule has 0 spiro atoms. The summed E-state index contributed by atoms with van der Waals surface area (Å²) in [7, 11) is 0. The van der Waals surface area contributed by atoms with E-state index in [2.05, 4.69) is 15.2 Å². The molecule has 0 aliphatic carbocycles. The van der Waals surface area contributed by atoms with E-state index < -0.39 is 5.60 Å². The maximum atomic E-state index is 13.0. The van der Waals surface area contributed by atoms with Crippen LogP contribution in [0.25, 0.3) is 22.2 Å². The van der Waals surface area contributed by atoms with Gasteiger partial charge in [0, 0.05) is 11.6 Å². The van der Waals surface area contributed by atoms with Gasteiger partial charge in [-0.2, -0.15) is 5.10 Å². The molecule has 1 aliphatic heterocycles. The van der Waals surface area contributed by atoms with Crippen LogP contribution in [0, 0.1) is 0 Å². The number of pyridine rings is 1. The zero-order chi connectivity index (χ0) is 22.1. The molecule has 0 atom stereocenters. The number of para-hydroxylation sites is 1. The van der Waals surface area contributed by atoms with Gasteiger partial charge < -0.3 is 9.47 Å². The first kappa shape index (κ1) is 19.9. The molecule has 0 radical (unpaired) electrons. The topological polar surface area (TPSA) is 74.2 Å². The van der Waals surface area contributed by atoms with Crippen molar-refractivity contribution in [1.82, 2.24) is 15.2 Å². The van der Waals surface area contributed by atoms with Crippen molar-refractivity contribution < 1.29 is 14.3 Å². The highest BCUT2D eigenvalue weighted by Crippen LogP contribution is 2.40. The summed E-state index contributed by atoms with van der Waals surface area (Å²) in [6.45, 7) is 3.87. The standard InChI is InChI=1S/C26H21N3O3/c1-26(2)25(30)23(24(32-26)22-8-5-15-27-29-22)18-10-13-20(14-11-18)31-16-19-12-9-17-6-3-4-7-21(17)28-19/h3-15H,16H2,1-2H3. The fourth-order valence-electron chi connectivity index (χ4n) is 3.69. The Labute approximate surface area is 185 Å². The van der Waals surface area contributed by atoms with E-state index in [1.165, 1.54) is 0 Å². The second-order valence-electron chi connectivity index (χ2n) is 8.06. The van der Waals surface area contributed by atoms with E-state index in [-0.39, 0.29) is 5.78 Å². The van der Waals surface area contributed by atoms with E-state index in [0.717, 1.165) is 22.2 Å². The summed E-state index contributed by atoms with van der Waals surface area (Å²) < 4.78 is 11.9. The fourth-order valence-corrected chi connectivity index (χ4v) is 3.69. The number of nitrogens with zero attached hydrogens (tertiary/aromatic N) is 3. The minimum absolute atomic E-state index is 0.0906. The largest absolute Gasteiger partial charge is 0.487 e. The molecule has 0 saturated carbocycles. The molecule has 2 aromatic heterocycles. The first-order valence-corrected chi connectivity index (χ1v) is 10.4. The van der Waals surface area contributed by atoms with Gasteiger partial charge in [-0.25, -0.2) is 4.98 Å². The van der Waals surface area contributed by atoms with E-state index in [0.29, 0.717) is 29.4 Å². The molecule has 0 fully saturated rings. The monoisotopic (exact) mass is 423 g/mol. The van der Waals surface area contributed by atoms with Gasteiger partial charge in [0.1, 0.15) is 18.1 Å². The molecule has 3 heterocycles. The third-order valence-corrected chi connectivity index (χ3v) is 5.35. The third-order valence-electron chi connectivity index (χ3n) is 5.35. The second kappa shape index (κ2) is 7.89. The molecule has 6 heteroatoms. The van der Waals surface area contributed by atoms with E-state index >= 15 is 0 Å². The number of carbonyl (C=O) groups excluding carboxylic acids is 1. The van der Waals surface area contributed by atoms with Crippen molar-refractivity contribution in [3.8, 4) is 5.75 Å². The predicted molar refractivity (Wildman–Crippen MR) is 122 cm³/mol. The Hall–Kier alpha value is -4.06. The number of hydrogen-bond acceptors (Lipinski definition) is 6. The summed E-state index contributed by atoms with van der Waals surface area (Å²) in [6, 6.07) is 22.9. The van der Waals surface area contributed by atoms with Gasteiger partial charge in [0.15, 0.2) is 11.4 Å². The Morgan fingerprint density at radius 3 is 2.53 bits per heavy atom. The number of Topliss-reactive ketones (excluding diaryl/α,β-unsaturated/α-hetero) is 1. The van der Waals surface area contributed by atoms with Crippen LogP contribution in [0.1, 0.15) is 30.8 Å². The van der Waals surface area contributed by atoms with E-state index in [1.54, 1.807) is 32.2 Å². The molecule has 0 saturated heterocycles. The van der Waals surface area contributed by atoms with Crippen molar-refractivity contribution in [3.63, 3.8) is 0 Å². The Balaban J connectivity index is 1.38. The molecular formula is C26H21N3O3. The lowest BCUT2D eigenvalue weighted by atomic mass is 9.93. The second-order valence-corrected chi connectivity index (χ2v) is 8.06. The molecule has 32 heavy (non-hydrogen) atoms. The number of ether oxygens (including phenoxy) is 2. The smallest absolute Gasteiger partial charge is 0.210 e. The van der Waals surface area contributed by atoms with Crippen LogP contribution in [0.15, 0.2) is 79.0 Å². The van der Waals surface area contributed by atoms with Crippen molar-refractivity contribution in [3.05, 3.63) is 95.9 Å². The highest BCUT2D eigenvalue weighted by molar-refractivity contribution is 6.32. The van der Waals surface area contributed by atoms with Gasteiger partial charge in [-0.1, -0.05) is 36.4 Å². The lowest BCUT2D eigenvalue weighted by Gasteiger charge is -2.17. The number of fused-ring (bicyclic) bond motifs is 1. The molecular weight excluding hydrogens is 402 g/mol. The molecule has 6 nitrogen and oxygen atoms in total. The van der Waals surface area contributed by atoms with E-state index in [9.17, 15) is 4.79 Å². The summed E-state index contributed by atoms with van der Waals surface area (Å²) in [4.78, 5) is 17.7. The molecule has 0 N–H and O–H groups in total. The molecule has 2 aromatic carbocycles. The lowest BCUT2D eigenvalue weighted by Crippen LogP contribution is -2.29. The number of carbonyl (C=O) groups is 1. The summed E-state index contributed by atoms with van der Waals surface area (Å²) in [5, 5.41) is 9.13. The minimum atomic E-state index is -0.959. The maximum absolute atomic E-state index is 13.0. The fraction of sp³-hybridized carbons (Fsp3) is 0.154. The molecule has 158 valence electrons. The maximum Gasteiger partial charge on any atom is 0.210 e. The van der Waals surface area contributed by atoms with Crippen LogP contribution < -0.4 is 4.74 Å². The SMILES string of the molecule is CC1(C)OC(c2cccnn2)=C(c2ccc(OCc3ccc4ccccc4n3)cc2)C1=O. The van der Waals surface area contributed by atoms with Crippen LogP contribution in [0.4, 0.5) is 0 Å². The van der Waals surface area contributed by atoms with Crippen molar-refractivity contribution in [2.75, 3.05) is 0 Å². The predicted octanol–water partition coefficient (Wildman–Crippen LogP) is 4.85. The molecule has 4 aromatic rings. The number of ketones is 1. The zero-order valence-corrected chi connectivity index (χ0v) is 17.8. The lowest BCUT2D eigenvalue weighted by molar-refractivity contribution is -0.125. The molecule has 0 unspecified atom stereocenters. The quantitative estimate of drug-likeness (QED) is 0.457. The van der Waals surface area contributed by atoms with Gasteiger partial charge in [0.05, 0.1) is 16.8 Å². The van der Waals surface area contributed by atoms with Gasteiger partial charge in [-0.05, 0) is 55.8 Å². The summed E-state index contributed by atoms with van der Waals surface area (Å²) in [5.74, 6) is 1.05. The van der Waals surface area contributed by atoms with Crippen LogP contribution in [0.5, 0.6) is 5.75 Å². The minimum Gasteiger partial charge on any atom is -0.487 e. The van der Waals surface area contributed by atoms with Crippen molar-refractivity contribution in [1.29, 1.82) is 0 Å². The van der Waals surface area contributed by atoms with Crippen LogP contribution in [-0.2, 0) is 16.1 Å². The number of rotatable bonds is 5. The molecule has 1 aliphatic rings. The number of benzene rings is 2. The van der Waals surface area contributed by atoms with Crippen LogP contribution in [-0.4, -0.2) is 26.6 Å². The first-order chi connectivity index (χ1) is 15.5. The number of hydrogen-bond donors (Lipinski definition) is 0. The van der Waals surface area contributed by atoms with Gasteiger partial charge in [0.25, 0.3) is 0 Å². The van der Waals surface area contributed by atoms with E-state index in [1.807, 2.05) is 60.7 Å². The van der Waals surface area contributed by atoms with Crippen molar-refractivity contribution in [2.45, 2.75) is 26.1 Å². The Morgan fingerprint density at radius 2 is 1.75 bits per heavy atom. The van der Waals surface area contributed by atoms with Gasteiger partial charge in [-0.3, -0.25) is 4.79 Å². The first-order valence-electron chi connectivity index (χ1n) is 10.4. The molecule has 5 rings (SSSR count).